The number of rotatable bonds is 2. The van der Waals surface area contributed by atoms with Crippen molar-refractivity contribution in [3.8, 4) is 0 Å². The fourth-order valence-corrected chi connectivity index (χ4v) is 1.96. The molecule has 0 saturated carbocycles. The van der Waals surface area contributed by atoms with E-state index in [2.05, 4.69) is 4.98 Å². The standard InChI is InChI=1S/C14H8N2O5/c17-11-7-8(5-6-15-11)14(20)21-16-12(18)9-3-1-2-4-10(9)13(16)19/h1-7H,(H,15,17). The van der Waals surface area contributed by atoms with E-state index in [-0.39, 0.29) is 16.7 Å². The molecule has 1 aromatic heterocycles. The maximum atomic E-state index is 12.0. The third-order valence-corrected chi connectivity index (χ3v) is 2.94. The van der Waals surface area contributed by atoms with Gasteiger partial charge in [0.25, 0.3) is 11.8 Å². The summed E-state index contributed by atoms with van der Waals surface area (Å²) < 4.78 is 0. The van der Waals surface area contributed by atoms with Crippen molar-refractivity contribution in [3.05, 3.63) is 69.6 Å². The lowest BCUT2D eigenvalue weighted by atomic mass is 10.1. The number of imide groups is 1. The Hall–Kier alpha value is -3.22. The van der Waals surface area contributed by atoms with Crippen LogP contribution in [0, 0.1) is 0 Å². The zero-order valence-corrected chi connectivity index (χ0v) is 10.5. The number of pyridine rings is 1. The summed E-state index contributed by atoms with van der Waals surface area (Å²) >= 11 is 0. The van der Waals surface area contributed by atoms with Gasteiger partial charge in [0.15, 0.2) is 0 Å². The van der Waals surface area contributed by atoms with Gasteiger partial charge in [-0.05, 0) is 18.2 Å². The van der Waals surface area contributed by atoms with Crippen molar-refractivity contribution in [2.24, 2.45) is 0 Å². The third-order valence-electron chi connectivity index (χ3n) is 2.94. The number of aromatic nitrogens is 1. The SMILES string of the molecule is O=C(ON1C(=O)c2ccccc2C1=O)c1cc[nH]c(=O)c1. The van der Waals surface area contributed by atoms with E-state index in [4.69, 9.17) is 4.84 Å². The molecule has 0 saturated heterocycles. The Balaban J connectivity index is 1.87. The molecule has 0 spiro atoms. The van der Waals surface area contributed by atoms with Crippen LogP contribution in [-0.2, 0) is 4.84 Å². The fraction of sp³-hybridized carbons (Fsp3) is 0. The molecule has 7 nitrogen and oxygen atoms in total. The highest BCUT2D eigenvalue weighted by atomic mass is 16.7. The molecule has 1 aliphatic heterocycles. The van der Waals surface area contributed by atoms with Gasteiger partial charge in [-0.3, -0.25) is 14.4 Å². The maximum Gasteiger partial charge on any atom is 0.364 e. The number of benzene rings is 1. The first-order valence-corrected chi connectivity index (χ1v) is 5.97. The first-order chi connectivity index (χ1) is 10.1. The van der Waals surface area contributed by atoms with Gasteiger partial charge in [-0.2, -0.15) is 0 Å². The number of nitrogens with zero attached hydrogens (tertiary/aromatic N) is 1. The maximum absolute atomic E-state index is 12.0. The molecule has 21 heavy (non-hydrogen) atoms. The molecule has 0 aliphatic carbocycles. The molecule has 1 aliphatic rings. The average Bonchev–Trinajstić information content (AvgIpc) is 2.73. The number of H-pyrrole nitrogens is 1. The number of amides is 2. The van der Waals surface area contributed by atoms with E-state index < -0.39 is 23.3 Å². The Labute approximate surface area is 117 Å². The van der Waals surface area contributed by atoms with Crippen LogP contribution in [0.4, 0.5) is 0 Å². The quantitative estimate of drug-likeness (QED) is 0.820. The number of hydrogen-bond donors (Lipinski definition) is 1. The summed E-state index contributed by atoms with van der Waals surface area (Å²) in [5.41, 5.74) is -0.218. The minimum absolute atomic E-state index is 0.0599. The minimum Gasteiger partial charge on any atom is -0.329 e. The molecule has 0 radical (unpaired) electrons. The van der Waals surface area contributed by atoms with Crippen molar-refractivity contribution in [1.29, 1.82) is 0 Å². The number of carbonyl (C=O) groups excluding carboxylic acids is 3. The number of hydrogen-bond acceptors (Lipinski definition) is 5. The van der Waals surface area contributed by atoms with Crippen LogP contribution in [0.5, 0.6) is 0 Å². The Kier molecular flexibility index (Phi) is 2.87. The second-order valence-corrected chi connectivity index (χ2v) is 4.27. The molecule has 0 unspecified atom stereocenters. The van der Waals surface area contributed by atoms with Crippen molar-refractivity contribution in [3.63, 3.8) is 0 Å². The van der Waals surface area contributed by atoms with Crippen molar-refractivity contribution in [1.82, 2.24) is 10.0 Å². The third kappa shape index (κ3) is 2.10. The molecule has 2 amide bonds. The minimum atomic E-state index is -0.962. The monoisotopic (exact) mass is 284 g/mol. The van der Waals surface area contributed by atoms with Crippen molar-refractivity contribution in [2.75, 3.05) is 0 Å². The summed E-state index contributed by atoms with van der Waals surface area (Å²) in [5, 5.41) is 0.397. The van der Waals surface area contributed by atoms with Gasteiger partial charge < -0.3 is 9.82 Å². The zero-order valence-electron chi connectivity index (χ0n) is 10.5. The van der Waals surface area contributed by atoms with Crippen LogP contribution in [0.15, 0.2) is 47.4 Å². The molecular formula is C14H8N2O5. The molecule has 104 valence electrons. The number of aromatic amines is 1. The molecule has 7 heteroatoms. The van der Waals surface area contributed by atoms with Gasteiger partial charge in [-0.15, -0.1) is 0 Å². The second-order valence-electron chi connectivity index (χ2n) is 4.27. The summed E-state index contributed by atoms with van der Waals surface area (Å²) in [4.78, 5) is 54.1. The van der Waals surface area contributed by atoms with Gasteiger partial charge in [-0.1, -0.05) is 17.2 Å². The normalized spacial score (nSPS) is 13.2. The summed E-state index contributed by atoms with van der Waals surface area (Å²) in [6.45, 7) is 0. The van der Waals surface area contributed by atoms with Gasteiger partial charge in [0, 0.05) is 12.3 Å². The zero-order chi connectivity index (χ0) is 15.0. The van der Waals surface area contributed by atoms with Crippen molar-refractivity contribution < 1.29 is 19.2 Å². The number of nitrogens with one attached hydrogen (secondary N) is 1. The lowest BCUT2D eigenvalue weighted by Crippen LogP contribution is -2.32. The summed E-state index contributed by atoms with van der Waals surface area (Å²) in [7, 11) is 0. The highest BCUT2D eigenvalue weighted by Gasteiger charge is 2.38. The van der Waals surface area contributed by atoms with E-state index in [0.29, 0.717) is 5.06 Å². The topological polar surface area (TPSA) is 96.5 Å². The van der Waals surface area contributed by atoms with Crippen LogP contribution < -0.4 is 5.56 Å². The van der Waals surface area contributed by atoms with Crippen molar-refractivity contribution in [2.45, 2.75) is 0 Å². The molecule has 2 aromatic rings. The second kappa shape index (κ2) is 4.71. The Morgan fingerprint density at radius 3 is 2.19 bits per heavy atom. The summed E-state index contributed by atoms with van der Waals surface area (Å²) in [6, 6.07) is 8.47. The molecule has 2 heterocycles. The lowest BCUT2D eigenvalue weighted by molar-refractivity contribution is -0.0584. The average molecular weight is 284 g/mol. The molecule has 1 N–H and O–H groups in total. The molecular weight excluding hydrogens is 276 g/mol. The molecule has 3 rings (SSSR count). The Morgan fingerprint density at radius 1 is 1.00 bits per heavy atom. The van der Waals surface area contributed by atoms with Crippen LogP contribution in [-0.4, -0.2) is 27.8 Å². The van der Waals surface area contributed by atoms with Gasteiger partial charge in [-0.25, -0.2) is 4.79 Å². The smallest absolute Gasteiger partial charge is 0.329 e. The molecule has 1 aromatic carbocycles. The summed E-state index contributed by atoms with van der Waals surface area (Å²) in [6.07, 6.45) is 1.27. The highest BCUT2D eigenvalue weighted by Crippen LogP contribution is 2.23. The van der Waals surface area contributed by atoms with Gasteiger partial charge in [0.2, 0.25) is 5.56 Å². The Bertz CT molecular complexity index is 789. The predicted molar refractivity (Wildman–Crippen MR) is 69.4 cm³/mol. The van der Waals surface area contributed by atoms with Crippen LogP contribution in [0.1, 0.15) is 31.1 Å². The predicted octanol–water partition coefficient (Wildman–Crippen LogP) is 0.743. The van der Waals surface area contributed by atoms with Crippen LogP contribution in [0.25, 0.3) is 0 Å². The highest BCUT2D eigenvalue weighted by molar-refractivity contribution is 6.21. The molecule has 0 atom stereocenters. The van der Waals surface area contributed by atoms with E-state index in [9.17, 15) is 19.2 Å². The van der Waals surface area contributed by atoms with Gasteiger partial charge in [0.05, 0.1) is 16.7 Å². The lowest BCUT2D eigenvalue weighted by Gasteiger charge is -2.12. The van der Waals surface area contributed by atoms with Crippen LogP contribution in [0.3, 0.4) is 0 Å². The van der Waals surface area contributed by atoms with Gasteiger partial charge >= 0.3 is 5.97 Å². The largest absolute Gasteiger partial charge is 0.364 e. The summed E-state index contributed by atoms with van der Waals surface area (Å²) in [5.74, 6) is -2.39. The van der Waals surface area contributed by atoms with E-state index in [1.165, 1.54) is 24.4 Å². The first-order valence-electron chi connectivity index (χ1n) is 5.97. The van der Waals surface area contributed by atoms with E-state index in [1.807, 2.05) is 0 Å². The number of carbonyl (C=O) groups is 3. The van der Waals surface area contributed by atoms with Crippen LogP contribution in [0.2, 0.25) is 0 Å². The van der Waals surface area contributed by atoms with E-state index in [0.717, 1.165) is 6.07 Å². The van der Waals surface area contributed by atoms with Crippen LogP contribution >= 0.6 is 0 Å². The fourth-order valence-electron chi connectivity index (χ4n) is 1.96. The van der Waals surface area contributed by atoms with Crippen molar-refractivity contribution >= 4 is 17.8 Å². The van der Waals surface area contributed by atoms with E-state index >= 15 is 0 Å². The first kappa shape index (κ1) is 12.8. The Morgan fingerprint density at radius 2 is 1.62 bits per heavy atom. The number of fused-ring (bicyclic) bond motifs is 1. The number of hydroxylamine groups is 2. The molecule has 0 bridgehead atoms. The van der Waals surface area contributed by atoms with E-state index in [1.54, 1.807) is 12.1 Å². The molecule has 0 fully saturated rings. The van der Waals surface area contributed by atoms with Gasteiger partial charge in [0.1, 0.15) is 0 Å².